The lowest BCUT2D eigenvalue weighted by molar-refractivity contribution is -0.136. The molecule has 0 aliphatic carbocycles. The highest BCUT2D eigenvalue weighted by atomic mass is 19.4. The number of anilines is 3. The first-order chi connectivity index (χ1) is 12.8. The molecule has 2 aromatic carbocycles. The third kappa shape index (κ3) is 4.57. The number of carbonyl (C=O) groups is 1. The molecular weight excluding hydrogens is 364 g/mol. The predicted octanol–water partition coefficient (Wildman–Crippen LogP) is 4.63. The van der Waals surface area contributed by atoms with Gasteiger partial charge in [0.1, 0.15) is 5.82 Å². The second kappa shape index (κ2) is 7.40. The number of nitrogens with zero attached hydrogens (tertiary/aromatic N) is 2. The van der Waals surface area contributed by atoms with Gasteiger partial charge in [0.2, 0.25) is 5.95 Å². The second-order valence-corrected chi connectivity index (χ2v) is 5.42. The van der Waals surface area contributed by atoms with E-state index in [0.717, 1.165) is 12.1 Å². The molecule has 9 heteroatoms. The highest BCUT2D eigenvalue weighted by Crippen LogP contribution is 2.34. The summed E-state index contributed by atoms with van der Waals surface area (Å²) in [5.74, 6) is -1.03. The summed E-state index contributed by atoms with van der Waals surface area (Å²) >= 11 is 0. The molecule has 0 radical (unpaired) electrons. The Morgan fingerprint density at radius 3 is 2.19 bits per heavy atom. The minimum absolute atomic E-state index is 0.0170. The van der Waals surface area contributed by atoms with Crippen molar-refractivity contribution in [2.45, 2.75) is 6.18 Å². The fraction of sp³-hybridized carbons (Fsp3) is 0.0556. The number of para-hydroxylation sites is 1. The van der Waals surface area contributed by atoms with E-state index in [2.05, 4.69) is 20.6 Å². The van der Waals surface area contributed by atoms with Crippen LogP contribution in [0.5, 0.6) is 0 Å². The van der Waals surface area contributed by atoms with Crippen LogP contribution in [0.15, 0.2) is 60.9 Å². The molecule has 0 aliphatic heterocycles. The summed E-state index contributed by atoms with van der Waals surface area (Å²) in [7, 11) is 0. The molecule has 2 N–H and O–H groups in total. The van der Waals surface area contributed by atoms with E-state index in [9.17, 15) is 22.4 Å². The van der Waals surface area contributed by atoms with E-state index in [0.29, 0.717) is 5.69 Å². The second-order valence-electron chi connectivity index (χ2n) is 5.42. The maximum Gasteiger partial charge on any atom is 0.418 e. The molecule has 1 amide bonds. The molecule has 0 unspecified atom stereocenters. The number of hydrogen-bond acceptors (Lipinski definition) is 4. The molecule has 0 fully saturated rings. The van der Waals surface area contributed by atoms with Gasteiger partial charge in [0.25, 0.3) is 5.91 Å². The van der Waals surface area contributed by atoms with Crippen LogP contribution in [0.25, 0.3) is 0 Å². The molecule has 1 heterocycles. The van der Waals surface area contributed by atoms with Gasteiger partial charge < -0.3 is 10.6 Å². The number of benzene rings is 2. The smallest absolute Gasteiger partial charge is 0.324 e. The van der Waals surface area contributed by atoms with Gasteiger partial charge in [-0.2, -0.15) is 13.2 Å². The molecule has 0 atom stereocenters. The van der Waals surface area contributed by atoms with Gasteiger partial charge >= 0.3 is 6.18 Å². The zero-order chi connectivity index (χ0) is 19.4. The lowest BCUT2D eigenvalue weighted by Crippen LogP contribution is -2.17. The predicted molar refractivity (Wildman–Crippen MR) is 91.1 cm³/mol. The Morgan fingerprint density at radius 2 is 1.56 bits per heavy atom. The minimum atomic E-state index is -4.59. The van der Waals surface area contributed by atoms with Gasteiger partial charge in [-0.05, 0) is 36.4 Å². The van der Waals surface area contributed by atoms with Gasteiger partial charge in [-0.3, -0.25) is 4.79 Å². The largest absolute Gasteiger partial charge is 0.418 e. The standard InChI is InChI=1S/C18H12F4N4O/c19-12-5-7-13(8-6-12)25-17-23-9-11(10-24-17)16(27)26-15-4-2-1-3-14(15)18(20,21)22/h1-10H,(H,26,27)(H,23,24,25). The van der Waals surface area contributed by atoms with E-state index >= 15 is 0 Å². The minimum Gasteiger partial charge on any atom is -0.324 e. The Morgan fingerprint density at radius 1 is 0.926 bits per heavy atom. The number of nitrogens with one attached hydrogen (secondary N) is 2. The maximum absolute atomic E-state index is 13.0. The third-order valence-electron chi connectivity index (χ3n) is 3.50. The van der Waals surface area contributed by atoms with Crippen molar-refractivity contribution in [1.82, 2.24) is 9.97 Å². The molecule has 0 spiro atoms. The SMILES string of the molecule is O=C(Nc1ccccc1C(F)(F)F)c1cnc(Nc2ccc(F)cc2)nc1. The zero-order valence-corrected chi connectivity index (χ0v) is 13.6. The molecule has 3 rings (SSSR count). The number of carbonyl (C=O) groups excluding carboxylic acids is 1. The summed E-state index contributed by atoms with van der Waals surface area (Å²) in [4.78, 5) is 20.0. The average Bonchev–Trinajstić information content (AvgIpc) is 2.64. The van der Waals surface area contributed by atoms with Gasteiger partial charge in [-0.15, -0.1) is 0 Å². The van der Waals surface area contributed by atoms with Gasteiger partial charge in [-0.1, -0.05) is 12.1 Å². The van der Waals surface area contributed by atoms with Crippen molar-refractivity contribution < 1.29 is 22.4 Å². The van der Waals surface area contributed by atoms with Crippen molar-refractivity contribution in [3.8, 4) is 0 Å². The summed E-state index contributed by atoms with van der Waals surface area (Å²) in [6, 6.07) is 10.1. The zero-order valence-electron chi connectivity index (χ0n) is 13.6. The number of hydrogen-bond donors (Lipinski definition) is 2. The fourth-order valence-electron chi connectivity index (χ4n) is 2.21. The molecule has 0 saturated carbocycles. The molecule has 138 valence electrons. The van der Waals surface area contributed by atoms with Crippen LogP contribution in [-0.2, 0) is 6.18 Å². The number of rotatable bonds is 4. The summed E-state index contributed by atoms with van der Waals surface area (Å²) in [6.45, 7) is 0. The number of aromatic nitrogens is 2. The van der Waals surface area contributed by atoms with Crippen molar-refractivity contribution >= 4 is 23.2 Å². The van der Waals surface area contributed by atoms with E-state index < -0.39 is 23.5 Å². The van der Waals surface area contributed by atoms with Crippen molar-refractivity contribution in [2.75, 3.05) is 10.6 Å². The van der Waals surface area contributed by atoms with Crippen molar-refractivity contribution in [2.24, 2.45) is 0 Å². The van der Waals surface area contributed by atoms with Crippen LogP contribution in [0.1, 0.15) is 15.9 Å². The maximum atomic E-state index is 13.0. The quantitative estimate of drug-likeness (QED) is 0.652. The molecule has 5 nitrogen and oxygen atoms in total. The molecule has 1 aromatic heterocycles. The molecule has 0 aliphatic rings. The van der Waals surface area contributed by atoms with E-state index in [1.807, 2.05) is 0 Å². The Labute approximate surface area is 151 Å². The van der Waals surface area contributed by atoms with Crippen molar-refractivity contribution in [3.05, 3.63) is 77.9 Å². The van der Waals surface area contributed by atoms with E-state index in [-0.39, 0.29) is 17.2 Å². The average molecular weight is 376 g/mol. The Bertz CT molecular complexity index is 941. The van der Waals surface area contributed by atoms with Gasteiger partial charge in [0, 0.05) is 18.1 Å². The first-order valence-corrected chi connectivity index (χ1v) is 7.65. The fourth-order valence-corrected chi connectivity index (χ4v) is 2.21. The van der Waals surface area contributed by atoms with Crippen LogP contribution in [0.3, 0.4) is 0 Å². The highest BCUT2D eigenvalue weighted by Gasteiger charge is 2.33. The summed E-state index contributed by atoms with van der Waals surface area (Å²) in [6.07, 6.45) is -2.25. The van der Waals surface area contributed by atoms with Crippen molar-refractivity contribution in [3.63, 3.8) is 0 Å². The first kappa shape index (κ1) is 18.3. The topological polar surface area (TPSA) is 66.9 Å². The van der Waals surface area contributed by atoms with E-state index in [1.54, 1.807) is 0 Å². The van der Waals surface area contributed by atoms with E-state index in [1.165, 1.54) is 48.8 Å². The van der Waals surface area contributed by atoms with Crippen molar-refractivity contribution in [1.29, 1.82) is 0 Å². The lowest BCUT2D eigenvalue weighted by atomic mass is 10.1. The molecule has 27 heavy (non-hydrogen) atoms. The van der Waals surface area contributed by atoms with Crippen LogP contribution in [0.2, 0.25) is 0 Å². The van der Waals surface area contributed by atoms with Crippen LogP contribution in [0, 0.1) is 5.82 Å². The molecule has 0 bridgehead atoms. The normalized spacial score (nSPS) is 11.1. The van der Waals surface area contributed by atoms with Crippen LogP contribution < -0.4 is 10.6 Å². The molecule has 3 aromatic rings. The van der Waals surface area contributed by atoms with Gasteiger partial charge in [-0.25, -0.2) is 14.4 Å². The van der Waals surface area contributed by atoms with Gasteiger partial charge in [0.15, 0.2) is 0 Å². The summed E-state index contributed by atoms with van der Waals surface area (Å²) in [5.41, 5.74) is -0.790. The highest BCUT2D eigenvalue weighted by molar-refractivity contribution is 6.04. The Kier molecular flexibility index (Phi) is 5.02. The number of halogens is 4. The Hall–Kier alpha value is -3.49. The first-order valence-electron chi connectivity index (χ1n) is 7.65. The van der Waals surface area contributed by atoms with Gasteiger partial charge in [0.05, 0.1) is 16.8 Å². The molecule has 0 saturated heterocycles. The summed E-state index contributed by atoms with van der Waals surface area (Å²) < 4.78 is 51.8. The van der Waals surface area contributed by atoms with E-state index in [4.69, 9.17) is 0 Å². The number of alkyl halides is 3. The van der Waals surface area contributed by atoms with Crippen LogP contribution in [-0.4, -0.2) is 15.9 Å². The third-order valence-corrected chi connectivity index (χ3v) is 3.50. The van der Waals surface area contributed by atoms with Crippen LogP contribution >= 0.6 is 0 Å². The lowest BCUT2D eigenvalue weighted by Gasteiger charge is -2.13. The molecular formula is C18H12F4N4O. The Balaban J connectivity index is 1.72. The summed E-state index contributed by atoms with van der Waals surface area (Å²) in [5, 5.41) is 5.01. The van der Waals surface area contributed by atoms with Crippen LogP contribution in [0.4, 0.5) is 34.9 Å². The number of amides is 1. The monoisotopic (exact) mass is 376 g/mol.